The highest BCUT2D eigenvalue weighted by atomic mass is 32.2. The average Bonchev–Trinajstić information content (AvgIpc) is 3.13. The second-order valence-electron chi connectivity index (χ2n) is 6.32. The van der Waals surface area contributed by atoms with E-state index in [4.69, 9.17) is 4.74 Å². The molecule has 28 heavy (non-hydrogen) atoms. The van der Waals surface area contributed by atoms with Gasteiger partial charge in [0.2, 0.25) is 5.13 Å². The Bertz CT molecular complexity index is 920. The predicted molar refractivity (Wildman–Crippen MR) is 112 cm³/mol. The van der Waals surface area contributed by atoms with E-state index in [1.807, 2.05) is 12.1 Å². The van der Waals surface area contributed by atoms with Crippen LogP contribution in [0, 0.1) is 19.7 Å². The number of anilines is 2. The number of aromatic nitrogens is 2. The van der Waals surface area contributed by atoms with Gasteiger partial charge in [0.1, 0.15) is 5.82 Å². The van der Waals surface area contributed by atoms with Gasteiger partial charge < -0.3 is 15.2 Å². The van der Waals surface area contributed by atoms with Crippen LogP contribution < -0.4 is 5.32 Å². The number of hydrogen-bond acceptors (Lipinski definition) is 7. The molecule has 148 valence electrons. The van der Waals surface area contributed by atoms with Crippen LogP contribution in [-0.2, 0) is 11.3 Å². The third-order valence-electron chi connectivity index (χ3n) is 4.18. The highest BCUT2D eigenvalue weighted by Gasteiger charge is 2.11. The largest absolute Gasteiger partial charge is 0.390 e. The van der Waals surface area contributed by atoms with Gasteiger partial charge in [0.15, 0.2) is 4.34 Å². The zero-order valence-corrected chi connectivity index (χ0v) is 17.3. The molecule has 2 aromatic carbocycles. The Labute approximate surface area is 172 Å². The Kier molecular flexibility index (Phi) is 7.38. The first-order chi connectivity index (χ1) is 13.5. The zero-order chi connectivity index (χ0) is 19.9. The summed E-state index contributed by atoms with van der Waals surface area (Å²) in [6.45, 7) is 4.40. The number of ether oxygens (including phenoxy) is 1. The van der Waals surface area contributed by atoms with E-state index in [1.165, 1.54) is 40.3 Å². The topological polar surface area (TPSA) is 67.3 Å². The van der Waals surface area contributed by atoms with E-state index >= 15 is 0 Å². The minimum absolute atomic E-state index is 0.133. The van der Waals surface area contributed by atoms with Crippen molar-refractivity contribution in [3.8, 4) is 0 Å². The van der Waals surface area contributed by atoms with E-state index in [9.17, 15) is 9.50 Å². The van der Waals surface area contributed by atoms with Gasteiger partial charge in [-0.25, -0.2) is 4.39 Å². The summed E-state index contributed by atoms with van der Waals surface area (Å²) >= 11 is 2.85. The van der Waals surface area contributed by atoms with Gasteiger partial charge in [0.05, 0.1) is 19.3 Å². The van der Waals surface area contributed by atoms with E-state index in [-0.39, 0.29) is 19.0 Å². The molecule has 1 atom stereocenters. The Balaban J connectivity index is 1.43. The van der Waals surface area contributed by atoms with E-state index < -0.39 is 6.10 Å². The standard InChI is InChI=1S/C20H22FN3O2S2/c1-13-6-5-9-18(14(13)2)22-19-23-24-20(28-19)27-12-16(25)11-26-10-15-7-3-4-8-17(15)21/h3-9,16,25H,10-12H2,1-2H3,(H,22,23)/t16-/m1/s1. The number of hydrogen-bond donors (Lipinski definition) is 2. The van der Waals surface area contributed by atoms with Gasteiger partial charge in [-0.15, -0.1) is 10.2 Å². The fourth-order valence-electron chi connectivity index (χ4n) is 2.46. The van der Waals surface area contributed by atoms with E-state index in [0.29, 0.717) is 16.4 Å². The number of aliphatic hydroxyl groups excluding tert-OH is 1. The van der Waals surface area contributed by atoms with Crippen LogP contribution in [0.25, 0.3) is 0 Å². The number of aryl methyl sites for hydroxylation is 1. The van der Waals surface area contributed by atoms with Crippen molar-refractivity contribution in [3.05, 3.63) is 65.0 Å². The molecule has 5 nitrogen and oxygen atoms in total. The van der Waals surface area contributed by atoms with Crippen molar-refractivity contribution in [2.45, 2.75) is 30.9 Å². The van der Waals surface area contributed by atoms with Crippen molar-refractivity contribution in [3.63, 3.8) is 0 Å². The summed E-state index contributed by atoms with van der Waals surface area (Å²) in [4.78, 5) is 0. The normalized spacial score (nSPS) is 12.1. The van der Waals surface area contributed by atoms with E-state index in [2.05, 4.69) is 35.4 Å². The molecule has 0 bridgehead atoms. The molecule has 0 unspecified atom stereocenters. The van der Waals surface area contributed by atoms with Crippen LogP contribution in [-0.4, -0.2) is 33.8 Å². The number of halogens is 1. The van der Waals surface area contributed by atoms with Gasteiger partial charge in [-0.3, -0.25) is 0 Å². The molecule has 0 fully saturated rings. The second-order valence-corrected chi connectivity index (χ2v) is 8.56. The highest BCUT2D eigenvalue weighted by Crippen LogP contribution is 2.29. The molecule has 0 amide bonds. The number of nitrogens with zero attached hydrogens (tertiary/aromatic N) is 2. The van der Waals surface area contributed by atoms with Gasteiger partial charge in [-0.1, -0.05) is 53.4 Å². The Morgan fingerprint density at radius 3 is 2.82 bits per heavy atom. The summed E-state index contributed by atoms with van der Waals surface area (Å²) in [6, 6.07) is 12.5. The first kappa shape index (κ1) is 20.7. The van der Waals surface area contributed by atoms with E-state index in [1.54, 1.807) is 18.2 Å². The maximum atomic E-state index is 13.5. The van der Waals surface area contributed by atoms with Crippen molar-refractivity contribution < 1.29 is 14.2 Å². The number of thioether (sulfide) groups is 1. The lowest BCUT2D eigenvalue weighted by atomic mass is 10.1. The van der Waals surface area contributed by atoms with Crippen LogP contribution in [0.1, 0.15) is 16.7 Å². The lowest BCUT2D eigenvalue weighted by Gasteiger charge is -2.10. The third-order valence-corrected chi connectivity index (χ3v) is 6.29. The summed E-state index contributed by atoms with van der Waals surface area (Å²) in [5, 5.41) is 22.4. The summed E-state index contributed by atoms with van der Waals surface area (Å²) < 4.78 is 19.7. The molecular formula is C20H22FN3O2S2. The van der Waals surface area contributed by atoms with Crippen LogP contribution in [0.4, 0.5) is 15.2 Å². The number of aliphatic hydroxyl groups is 1. The van der Waals surface area contributed by atoms with Crippen LogP contribution in [0.5, 0.6) is 0 Å². The van der Waals surface area contributed by atoms with Gasteiger partial charge in [0.25, 0.3) is 0 Å². The Hall–Kier alpha value is -2.00. The molecular weight excluding hydrogens is 397 g/mol. The second kappa shape index (κ2) is 9.97. The van der Waals surface area contributed by atoms with E-state index in [0.717, 1.165) is 10.0 Å². The summed E-state index contributed by atoms with van der Waals surface area (Å²) in [6.07, 6.45) is -0.670. The lowest BCUT2D eigenvalue weighted by Crippen LogP contribution is -2.18. The smallest absolute Gasteiger partial charge is 0.210 e. The number of nitrogens with one attached hydrogen (secondary N) is 1. The highest BCUT2D eigenvalue weighted by molar-refractivity contribution is 8.01. The molecule has 1 aromatic heterocycles. The summed E-state index contributed by atoms with van der Waals surface area (Å²) in [5.74, 6) is 0.124. The maximum Gasteiger partial charge on any atom is 0.210 e. The molecule has 0 aliphatic rings. The Morgan fingerprint density at radius 2 is 2.00 bits per heavy atom. The predicted octanol–water partition coefficient (Wildman–Crippen LogP) is 4.71. The molecule has 8 heteroatoms. The van der Waals surface area contributed by atoms with Gasteiger partial charge >= 0.3 is 0 Å². The maximum absolute atomic E-state index is 13.5. The SMILES string of the molecule is Cc1cccc(Nc2nnc(SC[C@H](O)COCc3ccccc3F)s2)c1C. The molecule has 0 radical (unpaired) electrons. The molecule has 0 aliphatic carbocycles. The summed E-state index contributed by atoms with van der Waals surface area (Å²) in [5.41, 5.74) is 3.87. The van der Waals surface area contributed by atoms with Crippen molar-refractivity contribution in [1.82, 2.24) is 10.2 Å². The zero-order valence-electron chi connectivity index (χ0n) is 15.7. The minimum Gasteiger partial charge on any atom is -0.390 e. The van der Waals surface area contributed by atoms with Crippen molar-refractivity contribution >= 4 is 33.9 Å². The molecule has 3 aromatic rings. The third kappa shape index (κ3) is 5.75. The van der Waals surface area contributed by atoms with Crippen molar-refractivity contribution in [1.29, 1.82) is 0 Å². The lowest BCUT2D eigenvalue weighted by molar-refractivity contribution is 0.0387. The average molecular weight is 420 g/mol. The van der Waals surface area contributed by atoms with Crippen LogP contribution in [0.2, 0.25) is 0 Å². The summed E-state index contributed by atoms with van der Waals surface area (Å²) in [7, 11) is 0. The van der Waals surface area contributed by atoms with Gasteiger partial charge in [-0.05, 0) is 37.1 Å². The number of benzene rings is 2. The number of rotatable bonds is 9. The van der Waals surface area contributed by atoms with Crippen LogP contribution >= 0.6 is 23.1 Å². The molecule has 2 N–H and O–H groups in total. The fraction of sp³-hybridized carbons (Fsp3) is 0.300. The van der Waals surface area contributed by atoms with Crippen molar-refractivity contribution in [2.24, 2.45) is 0 Å². The van der Waals surface area contributed by atoms with Crippen LogP contribution in [0.3, 0.4) is 0 Å². The van der Waals surface area contributed by atoms with Gasteiger partial charge in [-0.2, -0.15) is 0 Å². The Morgan fingerprint density at radius 1 is 1.18 bits per heavy atom. The van der Waals surface area contributed by atoms with Gasteiger partial charge in [0, 0.05) is 17.0 Å². The molecule has 0 saturated carbocycles. The minimum atomic E-state index is -0.670. The fourth-order valence-corrected chi connectivity index (χ4v) is 4.15. The molecule has 3 rings (SSSR count). The molecule has 1 heterocycles. The first-order valence-corrected chi connectivity index (χ1v) is 10.6. The van der Waals surface area contributed by atoms with Crippen molar-refractivity contribution in [2.75, 3.05) is 17.7 Å². The van der Waals surface area contributed by atoms with Crippen LogP contribution in [0.15, 0.2) is 46.8 Å². The first-order valence-electron chi connectivity index (χ1n) is 8.81. The molecule has 0 saturated heterocycles. The quantitative estimate of drug-likeness (QED) is 0.490. The molecule has 0 aliphatic heterocycles. The monoisotopic (exact) mass is 419 g/mol. The molecule has 0 spiro atoms.